The van der Waals surface area contributed by atoms with Crippen LogP contribution in [0.25, 0.3) is 0 Å². The van der Waals surface area contributed by atoms with Gasteiger partial charge < -0.3 is 15.8 Å². The van der Waals surface area contributed by atoms with E-state index < -0.39 is 11.6 Å². The lowest BCUT2D eigenvalue weighted by Crippen LogP contribution is -2.25. The second kappa shape index (κ2) is 7.99. The summed E-state index contributed by atoms with van der Waals surface area (Å²) in [5.41, 5.74) is 6.80. The van der Waals surface area contributed by atoms with Gasteiger partial charge in [0, 0.05) is 17.0 Å². The summed E-state index contributed by atoms with van der Waals surface area (Å²) in [5.74, 6) is -0.242. The van der Waals surface area contributed by atoms with Crippen molar-refractivity contribution in [2.45, 2.75) is 18.3 Å². The Morgan fingerprint density at radius 2 is 1.96 bits per heavy atom. The molecule has 25 heavy (non-hydrogen) atoms. The average molecular weight is 459 g/mol. The Kier molecular flexibility index (Phi) is 6.21. The summed E-state index contributed by atoms with van der Waals surface area (Å²) in [4.78, 5) is 4.31. The predicted octanol–water partition coefficient (Wildman–Crippen LogP) is 4.05. The summed E-state index contributed by atoms with van der Waals surface area (Å²) in [6.07, 6.45) is 1.97. The summed E-state index contributed by atoms with van der Waals surface area (Å²) in [6, 6.07) is 11.0. The highest BCUT2D eigenvalue weighted by Gasteiger charge is 2.45. The topological polar surface area (TPSA) is 59.6 Å². The van der Waals surface area contributed by atoms with Gasteiger partial charge in [-0.05, 0) is 31.0 Å². The Labute approximate surface area is 162 Å². The minimum absolute atomic E-state index is 0. The van der Waals surface area contributed by atoms with Crippen molar-refractivity contribution in [3.63, 3.8) is 0 Å². The Hall–Kier alpha value is -1.90. The molecule has 1 saturated carbocycles. The first-order valence-corrected chi connectivity index (χ1v) is 7.69. The Morgan fingerprint density at radius 3 is 2.64 bits per heavy atom. The summed E-state index contributed by atoms with van der Waals surface area (Å²) < 4.78 is 32.2. The van der Waals surface area contributed by atoms with Crippen LogP contribution in [0.15, 0.2) is 47.5 Å². The van der Waals surface area contributed by atoms with Gasteiger partial charge in [-0.2, -0.15) is 0 Å². The molecule has 0 heterocycles. The second-order valence-electron chi connectivity index (χ2n) is 5.93. The minimum atomic E-state index is -0.583. The number of anilines is 1. The maximum Gasteiger partial charge on any atom is 0.193 e. The zero-order valence-corrected chi connectivity index (χ0v) is 16.1. The first-order valence-electron chi connectivity index (χ1n) is 7.69. The molecule has 0 saturated heterocycles. The van der Waals surface area contributed by atoms with Crippen LogP contribution in [-0.4, -0.2) is 19.6 Å². The van der Waals surface area contributed by atoms with Gasteiger partial charge in [0.25, 0.3) is 0 Å². The number of benzene rings is 2. The SMILES string of the molecule is COc1ccccc1C1(CN=C(N)Nc2cc(F)ccc2F)CC1.I. The van der Waals surface area contributed by atoms with Crippen LogP contribution < -0.4 is 15.8 Å². The maximum atomic E-state index is 13.6. The van der Waals surface area contributed by atoms with Crippen molar-refractivity contribution in [3.05, 3.63) is 59.7 Å². The number of methoxy groups -OCH3 is 1. The first-order chi connectivity index (χ1) is 11.5. The monoisotopic (exact) mass is 459 g/mol. The van der Waals surface area contributed by atoms with E-state index in [1.54, 1.807) is 7.11 Å². The molecule has 0 spiro atoms. The van der Waals surface area contributed by atoms with Gasteiger partial charge in [0.05, 0.1) is 19.3 Å². The fourth-order valence-electron chi connectivity index (χ4n) is 2.75. The van der Waals surface area contributed by atoms with E-state index >= 15 is 0 Å². The number of hydrogen-bond donors (Lipinski definition) is 2. The highest BCUT2D eigenvalue weighted by atomic mass is 127. The number of nitrogens with two attached hydrogens (primary N) is 1. The van der Waals surface area contributed by atoms with Crippen LogP contribution in [0, 0.1) is 11.6 Å². The third-order valence-corrected chi connectivity index (χ3v) is 4.28. The molecule has 2 aromatic carbocycles. The van der Waals surface area contributed by atoms with E-state index in [9.17, 15) is 8.78 Å². The number of nitrogens with zero attached hydrogens (tertiary/aromatic N) is 1. The summed E-state index contributed by atoms with van der Waals surface area (Å²) in [6.45, 7) is 0.461. The van der Waals surface area contributed by atoms with Crippen LogP contribution in [0.3, 0.4) is 0 Å². The van der Waals surface area contributed by atoms with Crippen LogP contribution in [0.1, 0.15) is 18.4 Å². The zero-order chi connectivity index (χ0) is 17.2. The van der Waals surface area contributed by atoms with Crippen LogP contribution in [0.5, 0.6) is 5.75 Å². The molecule has 3 rings (SSSR count). The van der Waals surface area contributed by atoms with Gasteiger partial charge >= 0.3 is 0 Å². The van der Waals surface area contributed by atoms with E-state index in [4.69, 9.17) is 10.5 Å². The van der Waals surface area contributed by atoms with Gasteiger partial charge in [-0.3, -0.25) is 4.99 Å². The Morgan fingerprint density at radius 1 is 1.24 bits per heavy atom. The largest absolute Gasteiger partial charge is 0.496 e. The molecule has 7 heteroatoms. The summed E-state index contributed by atoms with van der Waals surface area (Å²) in [5, 5.41) is 2.61. The fourth-order valence-corrected chi connectivity index (χ4v) is 2.75. The number of nitrogens with one attached hydrogen (secondary N) is 1. The number of para-hydroxylation sites is 1. The number of guanidine groups is 1. The molecule has 1 aliphatic rings. The molecule has 2 aromatic rings. The second-order valence-corrected chi connectivity index (χ2v) is 5.93. The smallest absolute Gasteiger partial charge is 0.193 e. The molecule has 0 aromatic heterocycles. The number of halogens is 3. The highest BCUT2D eigenvalue weighted by molar-refractivity contribution is 14.0. The average Bonchev–Trinajstić information content (AvgIpc) is 3.37. The maximum absolute atomic E-state index is 13.6. The lowest BCUT2D eigenvalue weighted by Gasteiger charge is -2.17. The fraction of sp³-hybridized carbons (Fsp3) is 0.278. The van der Waals surface area contributed by atoms with Crippen LogP contribution >= 0.6 is 24.0 Å². The van der Waals surface area contributed by atoms with Gasteiger partial charge in [0.2, 0.25) is 0 Å². The van der Waals surface area contributed by atoms with E-state index in [0.717, 1.165) is 42.4 Å². The molecule has 4 nitrogen and oxygen atoms in total. The molecule has 0 bridgehead atoms. The van der Waals surface area contributed by atoms with Gasteiger partial charge in [-0.15, -0.1) is 24.0 Å². The Bertz CT molecular complexity index is 779. The third-order valence-electron chi connectivity index (χ3n) is 4.28. The molecule has 3 N–H and O–H groups in total. The lowest BCUT2D eigenvalue weighted by atomic mass is 9.95. The van der Waals surface area contributed by atoms with Gasteiger partial charge in [0.15, 0.2) is 5.96 Å². The standard InChI is InChI=1S/C18H19F2N3O.HI/c1-24-16-5-3-2-4-13(16)18(8-9-18)11-22-17(21)23-15-10-12(19)6-7-14(15)20;/h2-7,10H,8-9,11H2,1H3,(H3,21,22,23);1H. The van der Waals surface area contributed by atoms with Crippen LogP contribution in [0.4, 0.5) is 14.5 Å². The van der Waals surface area contributed by atoms with Gasteiger partial charge in [-0.25, -0.2) is 8.78 Å². The summed E-state index contributed by atoms with van der Waals surface area (Å²) >= 11 is 0. The van der Waals surface area contributed by atoms with Crippen molar-refractivity contribution in [1.82, 2.24) is 0 Å². The van der Waals surface area contributed by atoms with Crippen molar-refractivity contribution < 1.29 is 13.5 Å². The quantitative estimate of drug-likeness (QED) is 0.403. The van der Waals surface area contributed by atoms with Gasteiger partial charge in [0.1, 0.15) is 17.4 Å². The molecule has 134 valence electrons. The van der Waals surface area contributed by atoms with E-state index in [-0.39, 0.29) is 41.0 Å². The number of aliphatic imine (C=N–C) groups is 1. The van der Waals surface area contributed by atoms with E-state index in [2.05, 4.69) is 10.3 Å². The molecule has 0 unspecified atom stereocenters. The van der Waals surface area contributed by atoms with Crippen molar-refractivity contribution in [2.24, 2.45) is 10.7 Å². The van der Waals surface area contributed by atoms with Crippen LogP contribution in [0.2, 0.25) is 0 Å². The molecule has 1 aliphatic carbocycles. The number of rotatable bonds is 5. The third kappa shape index (κ3) is 4.39. The number of hydrogen-bond acceptors (Lipinski definition) is 2. The first kappa shape index (κ1) is 19.4. The molecule has 0 radical (unpaired) electrons. The zero-order valence-electron chi connectivity index (χ0n) is 13.8. The molecule has 0 atom stereocenters. The van der Waals surface area contributed by atoms with Crippen molar-refractivity contribution in [2.75, 3.05) is 19.0 Å². The van der Waals surface area contributed by atoms with Crippen molar-refractivity contribution in [1.29, 1.82) is 0 Å². The molecule has 1 fully saturated rings. The van der Waals surface area contributed by atoms with Gasteiger partial charge in [-0.1, -0.05) is 18.2 Å². The normalized spacial score (nSPS) is 15.2. The molecule has 0 amide bonds. The molecule has 0 aliphatic heterocycles. The number of ether oxygens (including phenoxy) is 1. The lowest BCUT2D eigenvalue weighted by molar-refractivity contribution is 0.404. The van der Waals surface area contributed by atoms with E-state index in [0.29, 0.717) is 6.54 Å². The molecular weight excluding hydrogens is 439 g/mol. The van der Waals surface area contributed by atoms with Crippen molar-refractivity contribution >= 4 is 35.6 Å². The highest BCUT2D eigenvalue weighted by Crippen LogP contribution is 2.51. The van der Waals surface area contributed by atoms with Crippen LogP contribution in [-0.2, 0) is 5.41 Å². The minimum Gasteiger partial charge on any atom is -0.496 e. The van der Waals surface area contributed by atoms with E-state index in [1.165, 1.54) is 0 Å². The summed E-state index contributed by atoms with van der Waals surface area (Å²) in [7, 11) is 1.64. The van der Waals surface area contributed by atoms with Crippen molar-refractivity contribution in [3.8, 4) is 5.75 Å². The molecular formula is C18H20F2IN3O. The predicted molar refractivity (Wildman–Crippen MR) is 106 cm³/mol. The van der Waals surface area contributed by atoms with E-state index in [1.807, 2.05) is 24.3 Å². The Balaban J connectivity index is 0.00000225.